The molecule has 0 aliphatic rings. The van der Waals surface area contributed by atoms with Gasteiger partial charge in [0.05, 0.1) is 5.01 Å². The Morgan fingerprint density at radius 1 is 1.61 bits per heavy atom. The molecule has 1 rings (SSSR count). The van der Waals surface area contributed by atoms with Crippen LogP contribution in [0.3, 0.4) is 0 Å². The Morgan fingerprint density at radius 3 is 2.72 bits per heavy atom. The number of rotatable bonds is 6. The standard InChI is InChI=1S/C13H22N2O2S/c1-5-13(4,6-7-16)15-11(17)10-8-18-12(14-10)9(2)3/h8-9,16H,5-7H2,1-4H3,(H,15,17). The Morgan fingerprint density at radius 2 is 2.28 bits per heavy atom. The van der Waals surface area contributed by atoms with Gasteiger partial charge in [0.25, 0.3) is 5.91 Å². The highest BCUT2D eigenvalue weighted by Crippen LogP contribution is 2.20. The molecule has 1 heterocycles. The third-order valence-electron chi connectivity index (χ3n) is 3.11. The van der Waals surface area contributed by atoms with Crippen molar-refractivity contribution in [3.63, 3.8) is 0 Å². The molecule has 0 radical (unpaired) electrons. The molecule has 0 aliphatic carbocycles. The molecule has 1 amide bonds. The highest BCUT2D eigenvalue weighted by atomic mass is 32.1. The van der Waals surface area contributed by atoms with Gasteiger partial charge in [0, 0.05) is 23.4 Å². The number of hydrogen-bond donors (Lipinski definition) is 2. The lowest BCUT2D eigenvalue weighted by Crippen LogP contribution is -2.46. The number of aromatic nitrogens is 1. The molecule has 5 heteroatoms. The SMILES string of the molecule is CCC(C)(CCO)NC(=O)c1csc(C(C)C)n1. The van der Waals surface area contributed by atoms with Gasteiger partial charge in [0.2, 0.25) is 0 Å². The van der Waals surface area contributed by atoms with Gasteiger partial charge >= 0.3 is 0 Å². The van der Waals surface area contributed by atoms with Gasteiger partial charge in [0.15, 0.2) is 0 Å². The first-order valence-corrected chi connectivity index (χ1v) is 7.18. The predicted molar refractivity (Wildman–Crippen MR) is 74.1 cm³/mol. The summed E-state index contributed by atoms with van der Waals surface area (Å²) >= 11 is 1.51. The van der Waals surface area contributed by atoms with E-state index < -0.39 is 0 Å². The molecule has 2 N–H and O–H groups in total. The monoisotopic (exact) mass is 270 g/mol. The summed E-state index contributed by atoms with van der Waals surface area (Å²) in [6.07, 6.45) is 1.33. The van der Waals surface area contributed by atoms with E-state index in [1.807, 2.05) is 13.8 Å². The quantitative estimate of drug-likeness (QED) is 0.835. The summed E-state index contributed by atoms with van der Waals surface area (Å²) in [5.74, 6) is 0.183. The van der Waals surface area contributed by atoms with Crippen LogP contribution in [-0.2, 0) is 0 Å². The lowest BCUT2D eigenvalue weighted by atomic mass is 9.95. The van der Waals surface area contributed by atoms with Crippen molar-refractivity contribution in [2.75, 3.05) is 6.61 Å². The molecule has 0 saturated carbocycles. The van der Waals surface area contributed by atoms with Crippen molar-refractivity contribution in [1.29, 1.82) is 0 Å². The summed E-state index contributed by atoms with van der Waals surface area (Å²) in [6, 6.07) is 0. The molecule has 0 spiro atoms. The van der Waals surface area contributed by atoms with Gasteiger partial charge in [-0.15, -0.1) is 11.3 Å². The number of nitrogens with zero attached hydrogens (tertiary/aromatic N) is 1. The smallest absolute Gasteiger partial charge is 0.271 e. The van der Waals surface area contributed by atoms with Crippen LogP contribution in [0.25, 0.3) is 0 Å². The van der Waals surface area contributed by atoms with E-state index in [9.17, 15) is 4.79 Å². The molecule has 0 bridgehead atoms. The summed E-state index contributed by atoms with van der Waals surface area (Å²) in [4.78, 5) is 16.4. The first kappa shape index (κ1) is 15.1. The fourth-order valence-electron chi connectivity index (χ4n) is 1.57. The van der Waals surface area contributed by atoms with Crippen molar-refractivity contribution in [2.24, 2.45) is 0 Å². The second-order valence-corrected chi connectivity index (χ2v) is 5.96. The van der Waals surface area contributed by atoms with Crippen molar-refractivity contribution in [3.8, 4) is 0 Å². The minimum atomic E-state index is -0.368. The number of aliphatic hydroxyl groups is 1. The molecule has 0 aliphatic heterocycles. The van der Waals surface area contributed by atoms with E-state index in [0.717, 1.165) is 11.4 Å². The van der Waals surface area contributed by atoms with E-state index in [2.05, 4.69) is 24.1 Å². The molecule has 18 heavy (non-hydrogen) atoms. The zero-order chi connectivity index (χ0) is 13.8. The third-order valence-corrected chi connectivity index (χ3v) is 4.25. The summed E-state index contributed by atoms with van der Waals surface area (Å²) < 4.78 is 0. The Hall–Kier alpha value is -0.940. The first-order chi connectivity index (χ1) is 8.41. The highest BCUT2D eigenvalue weighted by molar-refractivity contribution is 7.09. The lowest BCUT2D eigenvalue weighted by Gasteiger charge is -2.28. The Labute approximate surface area is 112 Å². The number of carbonyl (C=O) groups is 1. The van der Waals surface area contributed by atoms with Gasteiger partial charge in [-0.3, -0.25) is 4.79 Å². The van der Waals surface area contributed by atoms with Crippen molar-refractivity contribution < 1.29 is 9.90 Å². The maximum Gasteiger partial charge on any atom is 0.271 e. The topological polar surface area (TPSA) is 62.2 Å². The number of carbonyl (C=O) groups excluding carboxylic acids is 1. The molecule has 0 aromatic carbocycles. The number of aliphatic hydroxyl groups excluding tert-OH is 1. The average molecular weight is 270 g/mol. The molecule has 4 nitrogen and oxygen atoms in total. The van der Waals surface area contributed by atoms with Crippen LogP contribution >= 0.6 is 11.3 Å². The maximum absolute atomic E-state index is 12.1. The molecule has 1 unspecified atom stereocenters. The number of hydrogen-bond acceptors (Lipinski definition) is 4. The zero-order valence-corrected chi connectivity index (χ0v) is 12.3. The third kappa shape index (κ3) is 3.78. The Balaban J connectivity index is 2.74. The summed E-state index contributed by atoms with van der Waals surface area (Å²) in [5.41, 5.74) is 0.106. The highest BCUT2D eigenvalue weighted by Gasteiger charge is 2.25. The van der Waals surface area contributed by atoms with Crippen LogP contribution in [0.5, 0.6) is 0 Å². The van der Waals surface area contributed by atoms with Crippen molar-refractivity contribution in [3.05, 3.63) is 16.1 Å². The van der Waals surface area contributed by atoms with Crippen LogP contribution in [0.4, 0.5) is 0 Å². The fraction of sp³-hybridized carbons (Fsp3) is 0.692. The average Bonchev–Trinajstić information content (AvgIpc) is 2.78. The van der Waals surface area contributed by atoms with Crippen LogP contribution in [0.15, 0.2) is 5.38 Å². The Bertz CT molecular complexity index is 403. The lowest BCUT2D eigenvalue weighted by molar-refractivity contribution is 0.0881. The van der Waals surface area contributed by atoms with Crippen LogP contribution < -0.4 is 5.32 Å². The Kier molecular flexibility index (Phi) is 5.28. The summed E-state index contributed by atoms with van der Waals surface area (Å²) in [6.45, 7) is 8.12. The number of amides is 1. The van der Waals surface area contributed by atoms with Crippen molar-refractivity contribution in [1.82, 2.24) is 10.3 Å². The molecule has 0 fully saturated rings. The van der Waals surface area contributed by atoms with Gasteiger partial charge in [-0.1, -0.05) is 20.8 Å². The van der Waals surface area contributed by atoms with Crippen LogP contribution in [0.2, 0.25) is 0 Å². The molecule has 1 aromatic heterocycles. The van der Waals surface area contributed by atoms with E-state index in [-0.39, 0.29) is 18.1 Å². The molecule has 1 atom stereocenters. The van der Waals surface area contributed by atoms with Crippen molar-refractivity contribution >= 4 is 17.2 Å². The second-order valence-electron chi connectivity index (χ2n) is 5.07. The summed E-state index contributed by atoms with van der Waals surface area (Å²) in [7, 11) is 0. The van der Waals surface area contributed by atoms with Crippen LogP contribution in [-0.4, -0.2) is 28.1 Å². The van der Waals surface area contributed by atoms with Crippen LogP contribution in [0, 0.1) is 0 Å². The fourth-order valence-corrected chi connectivity index (χ4v) is 2.38. The number of thiazole rings is 1. The van der Waals surface area contributed by atoms with Gasteiger partial charge in [0.1, 0.15) is 5.69 Å². The molecular weight excluding hydrogens is 248 g/mol. The molecule has 102 valence electrons. The number of nitrogens with one attached hydrogen (secondary N) is 1. The van der Waals surface area contributed by atoms with Crippen LogP contribution in [0.1, 0.15) is 62.0 Å². The van der Waals surface area contributed by atoms with E-state index in [4.69, 9.17) is 5.11 Å². The van der Waals surface area contributed by atoms with E-state index in [1.165, 1.54) is 11.3 Å². The van der Waals surface area contributed by atoms with Gasteiger partial charge in [-0.2, -0.15) is 0 Å². The van der Waals surface area contributed by atoms with E-state index in [1.54, 1.807) is 5.38 Å². The molecule has 0 saturated heterocycles. The maximum atomic E-state index is 12.1. The minimum absolute atomic E-state index is 0.0684. The van der Waals surface area contributed by atoms with E-state index >= 15 is 0 Å². The largest absolute Gasteiger partial charge is 0.396 e. The predicted octanol–water partition coefficient (Wildman–Crippen LogP) is 2.55. The zero-order valence-electron chi connectivity index (χ0n) is 11.5. The molecular formula is C13H22N2O2S. The molecule has 1 aromatic rings. The first-order valence-electron chi connectivity index (χ1n) is 6.30. The second kappa shape index (κ2) is 6.29. The van der Waals surface area contributed by atoms with Gasteiger partial charge < -0.3 is 10.4 Å². The normalized spacial score (nSPS) is 14.6. The van der Waals surface area contributed by atoms with Gasteiger partial charge in [-0.05, 0) is 19.8 Å². The van der Waals surface area contributed by atoms with Crippen molar-refractivity contribution in [2.45, 2.75) is 52.0 Å². The summed E-state index contributed by atoms with van der Waals surface area (Å²) in [5, 5.41) is 14.8. The minimum Gasteiger partial charge on any atom is -0.396 e. The van der Waals surface area contributed by atoms with Gasteiger partial charge in [-0.25, -0.2) is 4.98 Å². The van der Waals surface area contributed by atoms with E-state index in [0.29, 0.717) is 18.0 Å².